The zero-order chi connectivity index (χ0) is 22.6. The van der Waals surface area contributed by atoms with Crippen LogP contribution in [-0.4, -0.2) is 12.2 Å². The van der Waals surface area contributed by atoms with Crippen LogP contribution in [0.1, 0.15) is 129 Å². The Morgan fingerprint density at radius 1 is 0.562 bits per heavy atom. The largest absolute Gasteiger partial charge is 0.358 e. The van der Waals surface area contributed by atoms with Gasteiger partial charge in [0.15, 0.2) is 0 Å². The van der Waals surface area contributed by atoms with Crippen molar-refractivity contribution in [3.8, 4) is 0 Å². The molecule has 4 fully saturated rings. The Hall–Kier alpha value is -0.180. The molecule has 0 bridgehead atoms. The maximum atomic E-state index is 14.8. The lowest BCUT2D eigenvalue weighted by molar-refractivity contribution is -0.302. The molecule has 0 aromatic carbocycles. The van der Waals surface area contributed by atoms with E-state index in [9.17, 15) is 8.78 Å². The highest BCUT2D eigenvalue weighted by Crippen LogP contribution is 2.47. The van der Waals surface area contributed by atoms with Gasteiger partial charge in [0.2, 0.25) is 0 Å². The highest BCUT2D eigenvalue weighted by atomic mass is 19.3. The molecule has 0 spiro atoms. The van der Waals surface area contributed by atoms with Crippen molar-refractivity contribution in [1.29, 1.82) is 0 Å². The maximum Gasteiger partial charge on any atom is 0.358 e. The summed E-state index contributed by atoms with van der Waals surface area (Å²) in [6.45, 7) is 4.64. The van der Waals surface area contributed by atoms with Gasteiger partial charge in [0, 0.05) is 0 Å². The summed E-state index contributed by atoms with van der Waals surface area (Å²) < 4.78 is 35.1. The van der Waals surface area contributed by atoms with Crippen molar-refractivity contribution in [3.63, 3.8) is 0 Å². The first-order valence-electron chi connectivity index (χ1n) is 14.4. The van der Waals surface area contributed by atoms with Gasteiger partial charge < -0.3 is 4.74 Å². The molecule has 0 N–H and O–H groups in total. The van der Waals surface area contributed by atoms with Gasteiger partial charge in [0.1, 0.15) is 0 Å². The number of alkyl halides is 2. The van der Waals surface area contributed by atoms with Crippen LogP contribution in [0, 0.1) is 41.4 Å². The van der Waals surface area contributed by atoms with Crippen LogP contribution in [0.25, 0.3) is 0 Å². The predicted molar refractivity (Wildman–Crippen MR) is 129 cm³/mol. The summed E-state index contributed by atoms with van der Waals surface area (Å²) in [6, 6.07) is 0. The molecule has 0 aromatic rings. The molecule has 186 valence electrons. The molecule has 32 heavy (non-hydrogen) atoms. The monoisotopic (exact) mass is 452 g/mol. The number of hydrogen-bond acceptors (Lipinski definition) is 1. The molecule has 0 saturated heterocycles. The maximum absolute atomic E-state index is 14.8. The van der Waals surface area contributed by atoms with Gasteiger partial charge in [-0.15, -0.1) is 0 Å². The van der Waals surface area contributed by atoms with E-state index in [0.29, 0.717) is 24.7 Å². The van der Waals surface area contributed by atoms with Gasteiger partial charge in [-0.05, 0) is 99.7 Å². The first-order chi connectivity index (χ1) is 15.4. The fraction of sp³-hybridized carbons (Fsp3) is 1.00. The predicted octanol–water partition coefficient (Wildman–Crippen LogP) is 9.39. The SMILES string of the molecule is CC1CCC(CCC2CCC(C3CCC(C(F)(F)OC4CCC(C)CC4)CC3)CC2)CC1. The first kappa shape index (κ1) is 24.9. The van der Waals surface area contributed by atoms with Gasteiger partial charge in [-0.25, -0.2) is 0 Å². The Morgan fingerprint density at radius 2 is 0.969 bits per heavy atom. The number of rotatable bonds is 7. The van der Waals surface area contributed by atoms with Crippen LogP contribution in [0.15, 0.2) is 0 Å². The lowest BCUT2D eigenvalue weighted by Gasteiger charge is -2.40. The third-order valence-electron chi connectivity index (χ3n) is 10.2. The van der Waals surface area contributed by atoms with Gasteiger partial charge in [0.05, 0.1) is 12.0 Å². The second-order valence-corrected chi connectivity index (χ2v) is 12.7. The van der Waals surface area contributed by atoms with E-state index in [0.717, 1.165) is 62.2 Å². The molecule has 0 atom stereocenters. The van der Waals surface area contributed by atoms with Crippen molar-refractivity contribution in [3.05, 3.63) is 0 Å². The van der Waals surface area contributed by atoms with Crippen LogP contribution in [0.5, 0.6) is 0 Å². The van der Waals surface area contributed by atoms with Gasteiger partial charge >= 0.3 is 6.11 Å². The zero-order valence-electron chi connectivity index (χ0n) is 21.0. The summed E-state index contributed by atoms with van der Waals surface area (Å²) in [4.78, 5) is 0. The van der Waals surface area contributed by atoms with E-state index < -0.39 is 12.0 Å². The highest BCUT2D eigenvalue weighted by Gasteiger charge is 2.45. The molecule has 3 heteroatoms. The van der Waals surface area contributed by atoms with Gasteiger partial charge in [-0.2, -0.15) is 8.78 Å². The summed E-state index contributed by atoms with van der Waals surface area (Å²) in [7, 11) is 0. The van der Waals surface area contributed by atoms with Crippen molar-refractivity contribution in [2.45, 2.75) is 142 Å². The smallest absolute Gasteiger partial charge is 0.317 e. The molecule has 0 aliphatic heterocycles. The zero-order valence-corrected chi connectivity index (χ0v) is 21.0. The molecular weight excluding hydrogens is 402 g/mol. The minimum atomic E-state index is -2.91. The van der Waals surface area contributed by atoms with E-state index in [1.165, 1.54) is 64.2 Å². The minimum absolute atomic E-state index is 0.216. The van der Waals surface area contributed by atoms with Crippen LogP contribution < -0.4 is 0 Å². The Morgan fingerprint density at radius 3 is 1.47 bits per heavy atom. The Labute approximate surface area is 196 Å². The van der Waals surface area contributed by atoms with E-state index >= 15 is 0 Å². The Kier molecular flexibility index (Phi) is 8.96. The van der Waals surface area contributed by atoms with Crippen molar-refractivity contribution >= 4 is 0 Å². The molecule has 1 nitrogen and oxygen atoms in total. The van der Waals surface area contributed by atoms with Gasteiger partial charge in [-0.1, -0.05) is 65.2 Å². The lowest BCUT2D eigenvalue weighted by Crippen LogP contribution is -2.39. The Balaban J connectivity index is 1.13. The topological polar surface area (TPSA) is 9.23 Å². The van der Waals surface area contributed by atoms with E-state index in [1.807, 2.05) is 0 Å². The number of halogens is 2. The molecule has 4 aliphatic rings. The Bertz CT molecular complexity index is 531. The lowest BCUT2D eigenvalue weighted by atomic mass is 9.68. The van der Waals surface area contributed by atoms with Crippen molar-refractivity contribution < 1.29 is 13.5 Å². The molecule has 4 saturated carbocycles. The molecule has 0 heterocycles. The molecule has 0 amide bonds. The summed E-state index contributed by atoms with van der Waals surface area (Å²) in [5, 5.41) is 0. The molecule has 0 aromatic heterocycles. The summed E-state index contributed by atoms with van der Waals surface area (Å²) in [5.41, 5.74) is 0. The van der Waals surface area contributed by atoms with Crippen molar-refractivity contribution in [1.82, 2.24) is 0 Å². The average molecular weight is 453 g/mol. The third-order valence-corrected chi connectivity index (χ3v) is 10.2. The summed E-state index contributed by atoms with van der Waals surface area (Å²) >= 11 is 0. The number of ether oxygens (including phenoxy) is 1. The van der Waals surface area contributed by atoms with E-state index in [2.05, 4.69) is 13.8 Å². The third kappa shape index (κ3) is 6.92. The van der Waals surface area contributed by atoms with Crippen LogP contribution in [-0.2, 0) is 4.74 Å². The van der Waals surface area contributed by atoms with Crippen LogP contribution in [0.2, 0.25) is 0 Å². The number of hydrogen-bond donors (Lipinski definition) is 0. The van der Waals surface area contributed by atoms with E-state index in [4.69, 9.17) is 4.74 Å². The molecule has 4 rings (SSSR count). The van der Waals surface area contributed by atoms with Crippen molar-refractivity contribution in [2.24, 2.45) is 41.4 Å². The van der Waals surface area contributed by atoms with Gasteiger partial charge in [-0.3, -0.25) is 0 Å². The van der Waals surface area contributed by atoms with Gasteiger partial charge in [0.25, 0.3) is 0 Å². The summed E-state index contributed by atoms with van der Waals surface area (Å²) in [5.74, 6) is 4.52. The van der Waals surface area contributed by atoms with Crippen molar-refractivity contribution in [2.75, 3.05) is 0 Å². The van der Waals surface area contributed by atoms with Crippen LogP contribution in [0.3, 0.4) is 0 Å². The van der Waals surface area contributed by atoms with Crippen LogP contribution >= 0.6 is 0 Å². The summed E-state index contributed by atoms with van der Waals surface area (Å²) in [6.07, 6.45) is 18.2. The highest BCUT2D eigenvalue weighted by molar-refractivity contribution is 4.85. The second kappa shape index (κ2) is 11.5. The molecule has 4 aliphatic carbocycles. The fourth-order valence-electron chi connectivity index (χ4n) is 7.63. The second-order valence-electron chi connectivity index (χ2n) is 12.7. The molecule has 0 radical (unpaired) electrons. The molecular formula is C29H50F2O. The van der Waals surface area contributed by atoms with E-state index in [-0.39, 0.29) is 6.10 Å². The molecule has 0 unspecified atom stereocenters. The minimum Gasteiger partial charge on any atom is -0.317 e. The fourth-order valence-corrected chi connectivity index (χ4v) is 7.63. The van der Waals surface area contributed by atoms with E-state index in [1.54, 1.807) is 0 Å². The quantitative estimate of drug-likeness (QED) is 0.374. The normalized spacial score (nSPS) is 42.0. The standard InChI is InChI=1S/C29H50F2O/c1-21-3-7-23(8-4-21)9-10-24-11-13-25(14-12-24)26-15-17-27(18-16-26)29(30,31)32-28-19-5-22(2)6-20-28/h21-28H,3-20H2,1-2H3. The first-order valence-corrected chi connectivity index (χ1v) is 14.4. The van der Waals surface area contributed by atoms with Crippen LogP contribution in [0.4, 0.5) is 8.78 Å². The average Bonchev–Trinajstić information content (AvgIpc) is 2.81.